The van der Waals surface area contributed by atoms with Crippen LogP contribution in [0.1, 0.15) is 67.9 Å². The fraction of sp³-hybridized carbons (Fsp3) is 0.483. The van der Waals surface area contributed by atoms with Gasteiger partial charge in [0.15, 0.2) is 28.7 Å². The van der Waals surface area contributed by atoms with Crippen LogP contribution >= 0.6 is 58.8 Å². The fourth-order valence-electron chi connectivity index (χ4n) is 9.62. The second-order valence-electron chi connectivity index (χ2n) is 21.0. The number of aryl methyl sites for hydroxylation is 5. The lowest BCUT2D eigenvalue weighted by Gasteiger charge is -2.34. The predicted molar refractivity (Wildman–Crippen MR) is 354 cm³/mol. The molecule has 1 fully saturated rings. The van der Waals surface area contributed by atoms with Gasteiger partial charge in [0.25, 0.3) is 0 Å². The average Bonchev–Trinajstić information content (AvgIpc) is 4.16. The Labute approximate surface area is 511 Å². The third kappa shape index (κ3) is 15.4. The number of anilines is 10. The summed E-state index contributed by atoms with van der Waals surface area (Å²) in [7, 11) is 4.06. The first kappa shape index (κ1) is 65.2. The zero-order chi connectivity index (χ0) is 60.6. The van der Waals surface area contributed by atoms with E-state index >= 15 is 0 Å². The maximum Gasteiger partial charge on any atom is 0.158 e. The van der Waals surface area contributed by atoms with Crippen LogP contribution in [0, 0.1) is 34.6 Å². The van der Waals surface area contributed by atoms with Crippen molar-refractivity contribution in [3.63, 3.8) is 0 Å². The molecule has 83 heavy (non-hydrogen) atoms. The molecule has 20 nitrogen and oxygen atoms in total. The molecule has 5 unspecified atom stereocenters. The van der Waals surface area contributed by atoms with Gasteiger partial charge in [0.1, 0.15) is 38.5 Å². The number of hydrogen-bond acceptors (Lipinski definition) is 25. The summed E-state index contributed by atoms with van der Waals surface area (Å²) in [6.45, 7) is 24.2. The highest BCUT2D eigenvalue weighted by atomic mass is 32.2. The van der Waals surface area contributed by atoms with Gasteiger partial charge in [-0.15, -0.1) is 0 Å². The van der Waals surface area contributed by atoms with Gasteiger partial charge in [0.05, 0.1) is 74.4 Å². The number of likely N-dealkylation sites (N-methyl/N-ethyl adjacent to an activating group) is 2. The van der Waals surface area contributed by atoms with Crippen molar-refractivity contribution in [1.82, 2.24) is 14.7 Å². The monoisotopic (exact) mass is 1240 g/mol. The van der Waals surface area contributed by atoms with E-state index in [1.165, 1.54) is 24.6 Å². The molecule has 0 amide bonds. The molecule has 6 aliphatic heterocycles. The smallest absolute Gasteiger partial charge is 0.158 e. The van der Waals surface area contributed by atoms with Gasteiger partial charge in [-0.25, -0.2) is 0 Å². The average molecular weight is 1240 g/mol. The van der Waals surface area contributed by atoms with Crippen LogP contribution in [-0.4, -0.2) is 122 Å². The molecule has 456 valence electrons. The van der Waals surface area contributed by atoms with Crippen molar-refractivity contribution in [2.45, 2.75) is 126 Å². The van der Waals surface area contributed by atoms with Crippen LogP contribution in [0.25, 0.3) is 0 Å². The largest absolute Gasteiger partial charge is 0.488 e. The molecule has 1 saturated heterocycles. The molecule has 5 aromatic carbocycles. The number of hydrogen-bond donors (Lipinski definition) is 11. The summed E-state index contributed by atoms with van der Waals surface area (Å²) in [5.41, 5.74) is 77.8. The third-order valence-corrected chi connectivity index (χ3v) is 21.0. The molecule has 11 rings (SSSR count). The summed E-state index contributed by atoms with van der Waals surface area (Å²) >= 11 is 8.37. The standard InChI is InChI=1S/C13H19N3OS.C13H21N3OS.C12H18N2O2S.C11H17N3OS.C9H13N3OS/c1-8-6-9(14)13-12(11(8)15)17-7-10(18-13)16-4-2-3-5-16;1-4-16(5-2)10-7-17-12-11(15)8(3)6-9(14)13(12)18-10;1-3-4-15-9-6-16-11-10(14)7(2)5-8(13)12(11)17-9;1-6-4-7(12)11-10(9(6)13)15-5-8(16-11)14(2)3;1-4-2-5(10)9-8(7(4)12)13-3-6(11)14-9/h6,10H,2-5,7,14-15H2,1H3;6,10H,4-5,7,14-15H2,1-3H3;5,9H,3-4,6,13-14H2,1-2H3;4,8H,5,12-13H2,1-3H3;2,6H,3,10-12H2,1H3. The van der Waals surface area contributed by atoms with Crippen molar-refractivity contribution >= 4 is 116 Å². The van der Waals surface area contributed by atoms with E-state index in [4.69, 9.17) is 91.5 Å². The molecule has 5 atom stereocenters. The number of likely N-dealkylation sites (tertiary alicyclic amines) is 1. The minimum atomic E-state index is -0.0630. The van der Waals surface area contributed by atoms with Crippen LogP contribution in [0.15, 0.2) is 54.8 Å². The number of nitrogens with zero attached hydrogens (tertiary/aromatic N) is 3. The lowest BCUT2D eigenvalue weighted by atomic mass is 10.1. The molecular weight excluding hydrogens is 1150 g/mol. The molecule has 0 saturated carbocycles. The number of rotatable bonds is 8. The van der Waals surface area contributed by atoms with E-state index in [2.05, 4.69) is 35.5 Å². The first-order chi connectivity index (χ1) is 39.5. The van der Waals surface area contributed by atoms with E-state index in [1.54, 1.807) is 47.0 Å². The minimum absolute atomic E-state index is 0.00635. The van der Waals surface area contributed by atoms with Crippen LogP contribution in [-0.2, 0) is 4.74 Å². The predicted octanol–water partition coefficient (Wildman–Crippen LogP) is 9.23. The molecule has 0 radical (unpaired) electrons. The van der Waals surface area contributed by atoms with Crippen molar-refractivity contribution < 1.29 is 28.4 Å². The summed E-state index contributed by atoms with van der Waals surface area (Å²) in [4.78, 5) is 11.7. The Morgan fingerprint density at radius 2 is 0.819 bits per heavy atom. The van der Waals surface area contributed by atoms with Gasteiger partial charge >= 0.3 is 0 Å². The first-order valence-corrected chi connectivity index (χ1v) is 32.3. The van der Waals surface area contributed by atoms with Crippen molar-refractivity contribution in [2.75, 3.05) is 137 Å². The Balaban J connectivity index is 0.000000150. The van der Waals surface area contributed by atoms with Crippen LogP contribution in [0.2, 0.25) is 0 Å². The molecule has 0 aliphatic carbocycles. The minimum Gasteiger partial charge on any atom is -0.488 e. The summed E-state index contributed by atoms with van der Waals surface area (Å²) in [5.74, 6) is 3.70. The number of nitrogen functional groups attached to an aromatic ring is 10. The Hall–Kier alpha value is -5.35. The molecule has 0 bridgehead atoms. The van der Waals surface area contributed by atoms with Gasteiger partial charge in [0.2, 0.25) is 0 Å². The zero-order valence-corrected chi connectivity index (χ0v) is 53.7. The molecular formula is C58H88N14O6S5. The maximum absolute atomic E-state index is 6.10. The van der Waals surface area contributed by atoms with E-state index in [1.807, 2.05) is 79.0 Å². The topological polar surface area (TPSA) is 351 Å². The lowest BCUT2D eigenvalue weighted by molar-refractivity contribution is 0.0723. The van der Waals surface area contributed by atoms with E-state index in [0.29, 0.717) is 89.4 Å². The van der Waals surface area contributed by atoms with Crippen molar-refractivity contribution in [3.8, 4) is 28.7 Å². The molecule has 6 heterocycles. The van der Waals surface area contributed by atoms with E-state index in [-0.39, 0.29) is 16.2 Å². The van der Waals surface area contributed by atoms with Gasteiger partial charge < -0.3 is 91.5 Å². The van der Waals surface area contributed by atoms with Crippen LogP contribution in [0.5, 0.6) is 28.7 Å². The normalized spacial score (nSPS) is 20.1. The number of benzene rings is 5. The molecule has 5 aromatic rings. The van der Waals surface area contributed by atoms with E-state index < -0.39 is 0 Å². The van der Waals surface area contributed by atoms with Crippen molar-refractivity contribution in [2.24, 2.45) is 5.73 Å². The van der Waals surface area contributed by atoms with Gasteiger partial charge in [-0.05, 0) is 152 Å². The maximum atomic E-state index is 6.10. The van der Waals surface area contributed by atoms with Crippen LogP contribution in [0.4, 0.5) is 56.9 Å². The SMILES string of the molecule is CCCOC1COc2c(N)c(C)cc(N)c2S1.CCN(CC)C1COc2c(N)c(C)cc(N)c2S1.Cc1cc(N)c2c(c1N)OCC(N(C)C)S2.Cc1cc(N)c2c(c1N)OCC(N)S2.Cc1cc(N)c2c(c1N)OCC(N1CCCC1)S2. The van der Waals surface area contributed by atoms with Gasteiger partial charge in [-0.2, -0.15) is 0 Å². The Bertz CT molecular complexity index is 3010. The van der Waals surface area contributed by atoms with E-state index in [9.17, 15) is 0 Å². The summed E-state index contributed by atoms with van der Waals surface area (Å²) in [6.07, 6.45) is 3.57. The second kappa shape index (κ2) is 29.2. The second-order valence-corrected chi connectivity index (χ2v) is 27.0. The number of fused-ring (bicyclic) bond motifs is 5. The molecule has 0 spiro atoms. The molecule has 6 aliphatic rings. The molecule has 25 heteroatoms. The van der Waals surface area contributed by atoms with Crippen molar-refractivity contribution in [3.05, 3.63) is 58.1 Å². The van der Waals surface area contributed by atoms with Crippen LogP contribution in [0.3, 0.4) is 0 Å². The Morgan fingerprint density at radius 3 is 1.23 bits per heavy atom. The lowest BCUT2D eigenvalue weighted by Crippen LogP contribution is -2.38. The van der Waals surface area contributed by atoms with Gasteiger partial charge in [-0.1, -0.05) is 79.6 Å². The summed E-state index contributed by atoms with van der Waals surface area (Å²) < 4.78 is 34.2. The zero-order valence-electron chi connectivity index (χ0n) is 49.6. The van der Waals surface area contributed by atoms with Gasteiger partial charge in [0, 0.05) is 35.0 Å². The fourth-order valence-corrected chi connectivity index (χ4v) is 15.2. The molecule has 0 aromatic heterocycles. The van der Waals surface area contributed by atoms with Crippen LogP contribution < -0.4 is 86.8 Å². The Morgan fingerprint density at radius 1 is 0.470 bits per heavy atom. The number of thioether (sulfide) groups is 5. The summed E-state index contributed by atoms with van der Waals surface area (Å²) in [5, 5.41) is 0.921. The van der Waals surface area contributed by atoms with Crippen molar-refractivity contribution in [1.29, 1.82) is 0 Å². The number of nitrogens with two attached hydrogens (primary N) is 11. The third-order valence-electron chi connectivity index (χ3n) is 14.5. The highest BCUT2D eigenvalue weighted by molar-refractivity contribution is 8.01. The number of ether oxygens (including phenoxy) is 6. The molecule has 22 N–H and O–H groups in total. The van der Waals surface area contributed by atoms with Gasteiger partial charge in [-0.3, -0.25) is 14.7 Å². The highest BCUT2D eigenvalue weighted by Gasteiger charge is 2.33. The summed E-state index contributed by atoms with van der Waals surface area (Å²) in [6, 6.07) is 9.50. The highest BCUT2D eigenvalue weighted by Crippen LogP contribution is 2.51. The Kier molecular flexibility index (Phi) is 22.9. The quantitative estimate of drug-likeness (QED) is 0.0644. The van der Waals surface area contributed by atoms with E-state index in [0.717, 1.165) is 131 Å². The first-order valence-electron chi connectivity index (χ1n) is 27.9.